The zero-order valence-electron chi connectivity index (χ0n) is 10.4. The lowest BCUT2D eigenvalue weighted by Gasteiger charge is -2.41. The van der Waals surface area contributed by atoms with E-state index in [1.807, 2.05) is 0 Å². The lowest BCUT2D eigenvalue weighted by Crippen LogP contribution is -2.55. The minimum absolute atomic E-state index is 0.0591. The Morgan fingerprint density at radius 2 is 2.20 bits per heavy atom. The Balaban J connectivity index is 2.54. The number of nitrogens with two attached hydrogens (primary N) is 1. The van der Waals surface area contributed by atoms with E-state index >= 15 is 0 Å². The summed E-state index contributed by atoms with van der Waals surface area (Å²) in [7, 11) is 0. The fourth-order valence-corrected chi connectivity index (χ4v) is 2.29. The molecule has 0 aliphatic carbocycles. The summed E-state index contributed by atoms with van der Waals surface area (Å²) in [5.74, 6) is 6.36. The van der Waals surface area contributed by atoms with Gasteiger partial charge in [0, 0.05) is 6.61 Å². The second kappa shape index (κ2) is 5.83. The van der Waals surface area contributed by atoms with Crippen molar-refractivity contribution in [3.05, 3.63) is 0 Å². The van der Waals surface area contributed by atoms with Crippen LogP contribution in [0.1, 0.15) is 52.9 Å². The van der Waals surface area contributed by atoms with Gasteiger partial charge in [0.1, 0.15) is 0 Å². The molecule has 0 aromatic rings. The first-order valence-electron chi connectivity index (χ1n) is 6.22. The minimum Gasteiger partial charge on any atom is -0.374 e. The third-order valence-corrected chi connectivity index (χ3v) is 3.77. The highest BCUT2D eigenvalue weighted by Crippen LogP contribution is 2.30. The molecule has 3 atom stereocenters. The average Bonchev–Trinajstić information content (AvgIpc) is 2.26. The molecule has 0 radical (unpaired) electrons. The zero-order valence-corrected chi connectivity index (χ0v) is 10.4. The Morgan fingerprint density at radius 3 is 2.67 bits per heavy atom. The van der Waals surface area contributed by atoms with Crippen molar-refractivity contribution in [1.29, 1.82) is 0 Å². The van der Waals surface area contributed by atoms with Crippen LogP contribution in [0.15, 0.2) is 0 Å². The molecule has 1 aliphatic heterocycles. The van der Waals surface area contributed by atoms with Crippen LogP contribution in [0.2, 0.25) is 0 Å². The van der Waals surface area contributed by atoms with Crippen LogP contribution in [-0.4, -0.2) is 18.2 Å². The molecule has 0 aromatic heterocycles. The molecule has 1 saturated heterocycles. The van der Waals surface area contributed by atoms with Gasteiger partial charge < -0.3 is 4.74 Å². The Hall–Kier alpha value is -0.120. The molecule has 0 aromatic carbocycles. The van der Waals surface area contributed by atoms with E-state index in [9.17, 15) is 0 Å². The predicted molar refractivity (Wildman–Crippen MR) is 63.4 cm³/mol. The summed E-state index contributed by atoms with van der Waals surface area (Å²) < 4.78 is 5.92. The van der Waals surface area contributed by atoms with E-state index in [4.69, 9.17) is 10.6 Å². The van der Waals surface area contributed by atoms with E-state index in [-0.39, 0.29) is 11.6 Å². The van der Waals surface area contributed by atoms with E-state index in [0.29, 0.717) is 5.92 Å². The third kappa shape index (κ3) is 3.44. The molecule has 3 unspecified atom stereocenters. The highest BCUT2D eigenvalue weighted by Gasteiger charge is 2.36. The summed E-state index contributed by atoms with van der Waals surface area (Å²) in [6.07, 6.45) is 5.88. The van der Waals surface area contributed by atoms with Gasteiger partial charge in [-0.15, -0.1) is 0 Å². The van der Waals surface area contributed by atoms with Crippen LogP contribution in [0.4, 0.5) is 0 Å². The SMILES string of the molecule is CCC(C)CC(NN)C1(C)CCCCO1. The third-order valence-electron chi connectivity index (χ3n) is 3.77. The molecule has 90 valence electrons. The highest BCUT2D eigenvalue weighted by atomic mass is 16.5. The van der Waals surface area contributed by atoms with E-state index in [1.54, 1.807) is 0 Å². The van der Waals surface area contributed by atoms with Crippen molar-refractivity contribution in [1.82, 2.24) is 5.43 Å². The Kier molecular flexibility index (Phi) is 5.03. The molecular formula is C12H26N2O. The van der Waals surface area contributed by atoms with Gasteiger partial charge in [-0.25, -0.2) is 0 Å². The first-order valence-corrected chi connectivity index (χ1v) is 6.22. The molecule has 1 rings (SSSR count). The van der Waals surface area contributed by atoms with Gasteiger partial charge >= 0.3 is 0 Å². The second-order valence-electron chi connectivity index (χ2n) is 5.09. The van der Waals surface area contributed by atoms with Crippen LogP contribution in [-0.2, 0) is 4.74 Å². The number of hydrazine groups is 1. The molecule has 0 bridgehead atoms. The van der Waals surface area contributed by atoms with Crippen LogP contribution in [0.25, 0.3) is 0 Å². The molecule has 1 aliphatic rings. The van der Waals surface area contributed by atoms with Gasteiger partial charge in [-0.3, -0.25) is 11.3 Å². The zero-order chi connectivity index (χ0) is 11.3. The van der Waals surface area contributed by atoms with Crippen molar-refractivity contribution in [2.75, 3.05) is 6.61 Å². The molecule has 1 fully saturated rings. The monoisotopic (exact) mass is 214 g/mol. The maximum absolute atomic E-state index is 5.92. The largest absolute Gasteiger partial charge is 0.374 e. The van der Waals surface area contributed by atoms with Gasteiger partial charge in [0.2, 0.25) is 0 Å². The first kappa shape index (κ1) is 12.9. The Morgan fingerprint density at radius 1 is 1.47 bits per heavy atom. The van der Waals surface area contributed by atoms with Gasteiger partial charge in [-0.1, -0.05) is 20.3 Å². The van der Waals surface area contributed by atoms with Crippen LogP contribution < -0.4 is 11.3 Å². The van der Waals surface area contributed by atoms with Gasteiger partial charge in [-0.05, 0) is 38.5 Å². The van der Waals surface area contributed by atoms with Crippen LogP contribution in [0, 0.1) is 5.92 Å². The summed E-state index contributed by atoms with van der Waals surface area (Å²) in [6.45, 7) is 7.58. The van der Waals surface area contributed by atoms with Crippen molar-refractivity contribution in [3.63, 3.8) is 0 Å². The van der Waals surface area contributed by atoms with E-state index in [1.165, 1.54) is 19.3 Å². The van der Waals surface area contributed by atoms with E-state index in [0.717, 1.165) is 19.4 Å². The molecule has 3 heteroatoms. The molecule has 0 saturated carbocycles. The average molecular weight is 214 g/mol. The van der Waals surface area contributed by atoms with Crippen LogP contribution >= 0.6 is 0 Å². The Labute approximate surface area is 93.7 Å². The minimum atomic E-state index is -0.0591. The Bertz CT molecular complexity index is 178. The second-order valence-corrected chi connectivity index (χ2v) is 5.09. The van der Waals surface area contributed by atoms with Crippen molar-refractivity contribution in [2.24, 2.45) is 11.8 Å². The summed E-state index contributed by atoms with van der Waals surface area (Å²) in [4.78, 5) is 0. The molecule has 15 heavy (non-hydrogen) atoms. The number of hydrogen-bond donors (Lipinski definition) is 2. The quantitative estimate of drug-likeness (QED) is 0.545. The van der Waals surface area contributed by atoms with Crippen LogP contribution in [0.3, 0.4) is 0 Å². The number of ether oxygens (including phenoxy) is 1. The summed E-state index contributed by atoms with van der Waals surface area (Å²) >= 11 is 0. The lowest BCUT2D eigenvalue weighted by atomic mass is 9.83. The van der Waals surface area contributed by atoms with Crippen LogP contribution in [0.5, 0.6) is 0 Å². The standard InChI is InChI=1S/C12H26N2O/c1-4-10(2)9-11(14-13)12(3)7-5-6-8-15-12/h10-11,14H,4-9,13H2,1-3H3. The molecule has 0 spiro atoms. The number of rotatable bonds is 5. The number of hydrogen-bond acceptors (Lipinski definition) is 3. The van der Waals surface area contributed by atoms with E-state index in [2.05, 4.69) is 26.2 Å². The topological polar surface area (TPSA) is 47.3 Å². The first-order chi connectivity index (χ1) is 7.12. The molecular weight excluding hydrogens is 188 g/mol. The molecule has 3 nitrogen and oxygen atoms in total. The lowest BCUT2D eigenvalue weighted by molar-refractivity contribution is -0.0925. The fraction of sp³-hybridized carbons (Fsp3) is 1.00. The van der Waals surface area contributed by atoms with Gasteiger partial charge in [-0.2, -0.15) is 0 Å². The fourth-order valence-electron chi connectivity index (χ4n) is 2.29. The van der Waals surface area contributed by atoms with Crippen molar-refractivity contribution in [2.45, 2.75) is 64.5 Å². The van der Waals surface area contributed by atoms with E-state index < -0.39 is 0 Å². The normalized spacial score (nSPS) is 31.2. The van der Waals surface area contributed by atoms with Gasteiger partial charge in [0.05, 0.1) is 11.6 Å². The summed E-state index contributed by atoms with van der Waals surface area (Å²) in [5, 5.41) is 0. The molecule has 3 N–H and O–H groups in total. The maximum Gasteiger partial charge on any atom is 0.0820 e. The van der Waals surface area contributed by atoms with Gasteiger partial charge in [0.15, 0.2) is 0 Å². The highest BCUT2D eigenvalue weighted by molar-refractivity contribution is 4.91. The number of nitrogens with one attached hydrogen (secondary N) is 1. The molecule has 1 heterocycles. The predicted octanol–water partition coefficient (Wildman–Crippen LogP) is 2.21. The maximum atomic E-state index is 5.92. The van der Waals surface area contributed by atoms with Gasteiger partial charge in [0.25, 0.3) is 0 Å². The van der Waals surface area contributed by atoms with Crippen molar-refractivity contribution in [3.8, 4) is 0 Å². The van der Waals surface area contributed by atoms with Crippen molar-refractivity contribution < 1.29 is 4.74 Å². The summed E-state index contributed by atoms with van der Waals surface area (Å²) in [5.41, 5.74) is 2.89. The van der Waals surface area contributed by atoms with Crippen molar-refractivity contribution >= 4 is 0 Å². The summed E-state index contributed by atoms with van der Waals surface area (Å²) in [6, 6.07) is 0.285. The smallest absolute Gasteiger partial charge is 0.0820 e. The molecule has 0 amide bonds.